The van der Waals surface area contributed by atoms with Crippen LogP contribution < -0.4 is 10.1 Å². The van der Waals surface area contributed by atoms with E-state index in [1.165, 1.54) is 24.8 Å². The van der Waals surface area contributed by atoms with E-state index in [1.807, 2.05) is 0 Å². The number of aliphatic hydroxyl groups is 1. The van der Waals surface area contributed by atoms with Gasteiger partial charge >= 0.3 is 0 Å². The molecule has 1 saturated carbocycles. The number of fused-ring (bicyclic) bond motifs is 1. The number of hydrogen-bond donors (Lipinski definition) is 2. The maximum Gasteiger partial charge on any atom is 0.124 e. The second kappa shape index (κ2) is 5.74. The molecule has 2 atom stereocenters. The summed E-state index contributed by atoms with van der Waals surface area (Å²) in [5, 5.41) is 12.7. The molecule has 20 heavy (non-hydrogen) atoms. The summed E-state index contributed by atoms with van der Waals surface area (Å²) < 4.78 is 6.27. The Balaban J connectivity index is 1.75. The molecule has 3 rings (SSSR count). The predicted molar refractivity (Wildman–Crippen MR) is 79.9 cm³/mol. The molecule has 0 amide bonds. The number of rotatable bonds is 5. The van der Waals surface area contributed by atoms with E-state index in [2.05, 4.69) is 36.5 Å². The highest BCUT2D eigenvalue weighted by Crippen LogP contribution is 2.48. The Hall–Kier alpha value is -1.06. The molecule has 110 valence electrons. The minimum Gasteiger partial charge on any atom is -0.487 e. The van der Waals surface area contributed by atoms with Crippen LogP contribution in [0.15, 0.2) is 24.3 Å². The Morgan fingerprint density at radius 3 is 2.90 bits per heavy atom. The van der Waals surface area contributed by atoms with E-state index in [0.29, 0.717) is 12.1 Å². The van der Waals surface area contributed by atoms with Gasteiger partial charge in [-0.05, 0) is 45.1 Å². The molecule has 2 N–H and O–H groups in total. The summed E-state index contributed by atoms with van der Waals surface area (Å²) in [6, 6.07) is 9.24. The molecule has 0 bridgehead atoms. The Morgan fingerprint density at radius 1 is 1.40 bits per heavy atom. The summed E-state index contributed by atoms with van der Waals surface area (Å²) in [6.45, 7) is 2.49. The summed E-state index contributed by atoms with van der Waals surface area (Å²) in [7, 11) is 0. The maximum absolute atomic E-state index is 8.96. The normalized spacial score (nSPS) is 24.6. The second-order valence-electron chi connectivity index (χ2n) is 6.37. The van der Waals surface area contributed by atoms with Crippen LogP contribution in [0.1, 0.15) is 57.1 Å². The monoisotopic (exact) mass is 275 g/mol. The van der Waals surface area contributed by atoms with Crippen molar-refractivity contribution in [2.75, 3.05) is 6.61 Å². The van der Waals surface area contributed by atoms with Gasteiger partial charge in [0.1, 0.15) is 11.4 Å². The molecule has 0 saturated heterocycles. The van der Waals surface area contributed by atoms with Crippen molar-refractivity contribution in [2.24, 2.45) is 0 Å². The van der Waals surface area contributed by atoms with Gasteiger partial charge in [-0.2, -0.15) is 0 Å². The third-order valence-corrected chi connectivity index (χ3v) is 4.74. The third kappa shape index (κ3) is 2.70. The molecule has 1 heterocycles. The van der Waals surface area contributed by atoms with Gasteiger partial charge in [0.15, 0.2) is 0 Å². The zero-order valence-electron chi connectivity index (χ0n) is 12.3. The molecule has 1 aliphatic heterocycles. The SMILES string of the molecule is CC(CCCO)NC1CC2(CCC2)Oc2ccccc21. The van der Waals surface area contributed by atoms with Gasteiger partial charge in [0.05, 0.1) is 0 Å². The van der Waals surface area contributed by atoms with Crippen molar-refractivity contribution in [3.63, 3.8) is 0 Å². The van der Waals surface area contributed by atoms with Crippen LogP contribution in [0.25, 0.3) is 0 Å². The number of ether oxygens (including phenoxy) is 1. The predicted octanol–water partition coefficient (Wildman–Crippen LogP) is 3.18. The van der Waals surface area contributed by atoms with Crippen LogP contribution in [-0.2, 0) is 0 Å². The first kappa shape index (κ1) is 13.9. The number of aliphatic hydroxyl groups excluding tert-OH is 1. The van der Waals surface area contributed by atoms with Crippen molar-refractivity contribution in [2.45, 2.75) is 63.1 Å². The third-order valence-electron chi connectivity index (χ3n) is 4.74. The number of benzene rings is 1. The van der Waals surface area contributed by atoms with Gasteiger partial charge in [-0.1, -0.05) is 18.2 Å². The van der Waals surface area contributed by atoms with Gasteiger partial charge in [0, 0.05) is 30.7 Å². The molecule has 1 aliphatic carbocycles. The standard InChI is InChI=1S/C17H25NO2/c1-13(6-4-11-19)18-15-12-17(9-5-10-17)20-16-8-3-2-7-14(15)16/h2-3,7-8,13,15,18-19H,4-6,9-12H2,1H3. The largest absolute Gasteiger partial charge is 0.487 e. The second-order valence-corrected chi connectivity index (χ2v) is 6.37. The van der Waals surface area contributed by atoms with Gasteiger partial charge < -0.3 is 15.2 Å². The summed E-state index contributed by atoms with van der Waals surface area (Å²) in [4.78, 5) is 0. The van der Waals surface area contributed by atoms with Gasteiger partial charge in [-0.3, -0.25) is 0 Å². The molecule has 0 radical (unpaired) electrons. The van der Waals surface area contributed by atoms with E-state index in [0.717, 1.165) is 25.0 Å². The molecule has 0 aromatic heterocycles. The molecular formula is C17H25NO2. The van der Waals surface area contributed by atoms with Gasteiger partial charge in [-0.15, -0.1) is 0 Å². The lowest BCUT2D eigenvalue weighted by Gasteiger charge is -2.48. The lowest BCUT2D eigenvalue weighted by Crippen LogP contribution is -2.50. The van der Waals surface area contributed by atoms with Gasteiger partial charge in [-0.25, -0.2) is 0 Å². The summed E-state index contributed by atoms with van der Waals surface area (Å²) in [5.74, 6) is 1.06. The minimum absolute atomic E-state index is 0.0860. The quantitative estimate of drug-likeness (QED) is 0.867. The number of nitrogens with one attached hydrogen (secondary N) is 1. The summed E-state index contributed by atoms with van der Waals surface area (Å²) >= 11 is 0. The fraction of sp³-hybridized carbons (Fsp3) is 0.647. The van der Waals surface area contributed by atoms with Gasteiger partial charge in [0.25, 0.3) is 0 Å². The molecule has 1 fully saturated rings. The highest BCUT2D eigenvalue weighted by molar-refractivity contribution is 5.39. The van der Waals surface area contributed by atoms with Crippen LogP contribution in [0.4, 0.5) is 0 Å². The highest BCUT2D eigenvalue weighted by atomic mass is 16.5. The van der Waals surface area contributed by atoms with E-state index in [4.69, 9.17) is 9.84 Å². The first-order valence-corrected chi connectivity index (χ1v) is 7.87. The van der Waals surface area contributed by atoms with Crippen molar-refractivity contribution in [3.8, 4) is 5.75 Å². The minimum atomic E-state index is 0.0860. The average molecular weight is 275 g/mol. The fourth-order valence-corrected chi connectivity index (χ4v) is 3.47. The highest BCUT2D eigenvalue weighted by Gasteiger charge is 2.45. The smallest absolute Gasteiger partial charge is 0.124 e. The van der Waals surface area contributed by atoms with Crippen molar-refractivity contribution < 1.29 is 9.84 Å². The molecule has 2 unspecified atom stereocenters. The Labute approximate surface area is 121 Å². The van der Waals surface area contributed by atoms with Crippen LogP contribution in [0.5, 0.6) is 5.75 Å². The number of para-hydroxylation sites is 1. The lowest BCUT2D eigenvalue weighted by molar-refractivity contribution is -0.0379. The van der Waals surface area contributed by atoms with Gasteiger partial charge in [0.2, 0.25) is 0 Å². The van der Waals surface area contributed by atoms with Crippen molar-refractivity contribution >= 4 is 0 Å². The molecule has 3 heteroatoms. The van der Waals surface area contributed by atoms with Crippen LogP contribution in [-0.4, -0.2) is 23.4 Å². The first-order valence-electron chi connectivity index (χ1n) is 7.87. The molecule has 1 aromatic rings. The lowest BCUT2D eigenvalue weighted by atomic mass is 9.73. The first-order chi connectivity index (χ1) is 9.72. The fourth-order valence-electron chi connectivity index (χ4n) is 3.47. The van der Waals surface area contributed by atoms with Crippen LogP contribution in [0.3, 0.4) is 0 Å². The van der Waals surface area contributed by atoms with Crippen molar-refractivity contribution in [3.05, 3.63) is 29.8 Å². The molecule has 2 aliphatic rings. The molecule has 1 aromatic carbocycles. The van der Waals surface area contributed by atoms with E-state index >= 15 is 0 Å². The molecular weight excluding hydrogens is 250 g/mol. The molecule has 3 nitrogen and oxygen atoms in total. The maximum atomic E-state index is 8.96. The van der Waals surface area contributed by atoms with E-state index < -0.39 is 0 Å². The van der Waals surface area contributed by atoms with Crippen molar-refractivity contribution in [1.29, 1.82) is 0 Å². The summed E-state index contributed by atoms with van der Waals surface area (Å²) in [6.07, 6.45) is 6.62. The van der Waals surface area contributed by atoms with Crippen molar-refractivity contribution in [1.82, 2.24) is 5.32 Å². The zero-order valence-corrected chi connectivity index (χ0v) is 12.3. The number of hydrogen-bond acceptors (Lipinski definition) is 3. The molecule has 1 spiro atoms. The van der Waals surface area contributed by atoms with Crippen LogP contribution in [0.2, 0.25) is 0 Å². The van der Waals surface area contributed by atoms with Crippen LogP contribution >= 0.6 is 0 Å². The Bertz CT molecular complexity index is 456. The summed E-state index contributed by atoms with van der Waals surface area (Å²) in [5.41, 5.74) is 1.38. The Kier molecular flexibility index (Phi) is 3.99. The van der Waals surface area contributed by atoms with E-state index in [-0.39, 0.29) is 12.2 Å². The van der Waals surface area contributed by atoms with E-state index in [1.54, 1.807) is 0 Å². The average Bonchev–Trinajstić information content (AvgIpc) is 2.43. The Morgan fingerprint density at radius 2 is 2.20 bits per heavy atom. The topological polar surface area (TPSA) is 41.5 Å². The zero-order chi connectivity index (χ0) is 14.0. The van der Waals surface area contributed by atoms with E-state index in [9.17, 15) is 0 Å². The van der Waals surface area contributed by atoms with Crippen LogP contribution in [0, 0.1) is 0 Å².